The second-order valence-electron chi connectivity index (χ2n) is 8.30. The van der Waals surface area contributed by atoms with Crippen molar-refractivity contribution in [1.82, 2.24) is 5.32 Å². The van der Waals surface area contributed by atoms with Gasteiger partial charge in [-0.1, -0.05) is 18.2 Å². The lowest BCUT2D eigenvalue weighted by atomic mass is 9.73. The van der Waals surface area contributed by atoms with E-state index in [1.165, 1.54) is 0 Å². The highest BCUT2D eigenvalue weighted by atomic mass is 16.5. The van der Waals surface area contributed by atoms with E-state index in [4.69, 9.17) is 14.2 Å². The van der Waals surface area contributed by atoms with Crippen molar-refractivity contribution in [3.8, 4) is 17.2 Å². The predicted molar refractivity (Wildman–Crippen MR) is 126 cm³/mol. The lowest BCUT2D eigenvalue weighted by Crippen LogP contribution is -2.38. The Bertz CT molecular complexity index is 1060. The molecule has 33 heavy (non-hydrogen) atoms. The fraction of sp³-hybridized carbons (Fsp3) is 0.407. The second kappa shape index (κ2) is 10.1. The van der Waals surface area contributed by atoms with E-state index in [-0.39, 0.29) is 29.9 Å². The number of nitrogens with one attached hydrogen (secondary N) is 1. The summed E-state index contributed by atoms with van der Waals surface area (Å²) >= 11 is 0. The van der Waals surface area contributed by atoms with E-state index in [9.17, 15) is 9.59 Å². The number of allylic oxidation sites excluding steroid dienone is 2. The van der Waals surface area contributed by atoms with E-state index >= 15 is 0 Å². The number of Topliss-reactive ketones (excluding diaryl/α,β-unsaturated/α-hetero) is 1. The fourth-order valence-electron chi connectivity index (χ4n) is 4.77. The molecule has 1 heterocycles. The first kappa shape index (κ1) is 22.9. The molecule has 174 valence electrons. The summed E-state index contributed by atoms with van der Waals surface area (Å²) in [5.41, 5.74) is 3.45. The van der Waals surface area contributed by atoms with Crippen LogP contribution in [-0.4, -0.2) is 31.5 Å². The number of ketones is 1. The molecular weight excluding hydrogens is 418 g/mol. The normalized spacial score (nSPS) is 20.2. The average Bonchev–Trinajstić information content (AvgIpc) is 2.80. The second-order valence-corrected chi connectivity index (χ2v) is 8.30. The lowest BCUT2D eigenvalue weighted by molar-refractivity contribution is -0.122. The molecule has 1 amide bonds. The minimum absolute atomic E-state index is 0.0327. The van der Waals surface area contributed by atoms with Gasteiger partial charge in [0.25, 0.3) is 0 Å². The van der Waals surface area contributed by atoms with Crippen LogP contribution in [0.3, 0.4) is 0 Å². The molecule has 0 radical (unpaired) electrons. The molecule has 0 saturated heterocycles. The van der Waals surface area contributed by atoms with Crippen LogP contribution in [0, 0.1) is 0 Å². The fourth-order valence-corrected chi connectivity index (χ4v) is 4.77. The molecule has 0 unspecified atom stereocenters. The third-order valence-corrected chi connectivity index (χ3v) is 6.17. The molecule has 2 aromatic carbocycles. The first-order valence-corrected chi connectivity index (χ1v) is 11.7. The van der Waals surface area contributed by atoms with Crippen LogP contribution in [-0.2, 0) is 9.59 Å². The molecule has 2 aliphatic rings. The van der Waals surface area contributed by atoms with E-state index in [1.54, 1.807) is 0 Å². The summed E-state index contributed by atoms with van der Waals surface area (Å²) in [5.74, 6) is 1.90. The monoisotopic (exact) mass is 449 g/mol. The SMILES string of the molecule is CCOc1ccc([C@@H]2CC(=O)C3=C(C2)NC(=O)C[C@H]3c2ccc(OCC)c(OCC)c2)cc1. The summed E-state index contributed by atoms with van der Waals surface area (Å²) < 4.78 is 17.0. The number of ether oxygens (including phenoxy) is 3. The van der Waals surface area contributed by atoms with Gasteiger partial charge in [0.15, 0.2) is 17.3 Å². The third kappa shape index (κ3) is 4.90. The zero-order valence-electron chi connectivity index (χ0n) is 19.5. The molecular formula is C27H31NO5. The van der Waals surface area contributed by atoms with Crippen LogP contribution in [0.1, 0.15) is 63.0 Å². The van der Waals surface area contributed by atoms with E-state index in [2.05, 4.69) is 5.32 Å². The summed E-state index contributed by atoms with van der Waals surface area (Å²) in [4.78, 5) is 26.0. The molecule has 2 atom stereocenters. The van der Waals surface area contributed by atoms with Crippen LogP contribution in [0.15, 0.2) is 53.7 Å². The van der Waals surface area contributed by atoms with Gasteiger partial charge in [0.1, 0.15) is 5.75 Å². The van der Waals surface area contributed by atoms with Crippen molar-refractivity contribution >= 4 is 11.7 Å². The number of benzene rings is 2. The van der Waals surface area contributed by atoms with Crippen LogP contribution in [0.2, 0.25) is 0 Å². The molecule has 0 aromatic heterocycles. The lowest BCUT2D eigenvalue weighted by Gasteiger charge is -2.34. The summed E-state index contributed by atoms with van der Waals surface area (Å²) in [5, 5.41) is 2.99. The maximum atomic E-state index is 13.4. The van der Waals surface area contributed by atoms with Crippen LogP contribution in [0.5, 0.6) is 17.2 Å². The minimum Gasteiger partial charge on any atom is -0.494 e. The van der Waals surface area contributed by atoms with Crippen molar-refractivity contribution in [3.63, 3.8) is 0 Å². The van der Waals surface area contributed by atoms with Gasteiger partial charge >= 0.3 is 0 Å². The number of carbonyl (C=O) groups is 2. The van der Waals surface area contributed by atoms with Crippen molar-refractivity contribution in [2.45, 2.75) is 51.9 Å². The number of amides is 1. The average molecular weight is 450 g/mol. The summed E-state index contributed by atoms with van der Waals surface area (Å²) in [6.45, 7) is 7.45. The minimum atomic E-state index is -0.280. The molecule has 6 nitrogen and oxygen atoms in total. The van der Waals surface area contributed by atoms with Gasteiger partial charge in [-0.25, -0.2) is 0 Å². The van der Waals surface area contributed by atoms with Gasteiger partial charge in [-0.05, 0) is 68.5 Å². The standard InChI is InChI=1S/C27H31NO5/c1-4-31-20-10-7-17(8-11-20)19-13-22-27(23(29)14-19)21(16-26(30)28-22)18-9-12-24(32-5-2)25(15-18)33-6-3/h7-12,15,19,21H,4-6,13-14,16H2,1-3H3,(H,28,30)/t19-,21-/m0/s1. The Morgan fingerprint density at radius 3 is 2.15 bits per heavy atom. The highest BCUT2D eigenvalue weighted by Crippen LogP contribution is 2.44. The van der Waals surface area contributed by atoms with Gasteiger partial charge < -0.3 is 19.5 Å². The van der Waals surface area contributed by atoms with E-state index in [0.717, 1.165) is 28.1 Å². The van der Waals surface area contributed by atoms with Crippen molar-refractivity contribution in [2.24, 2.45) is 0 Å². The molecule has 0 bridgehead atoms. The van der Waals surface area contributed by atoms with Gasteiger partial charge in [0.2, 0.25) is 5.91 Å². The van der Waals surface area contributed by atoms with E-state index in [0.29, 0.717) is 44.2 Å². The van der Waals surface area contributed by atoms with Crippen molar-refractivity contribution in [2.75, 3.05) is 19.8 Å². The zero-order valence-corrected chi connectivity index (χ0v) is 19.5. The van der Waals surface area contributed by atoms with Crippen molar-refractivity contribution in [1.29, 1.82) is 0 Å². The molecule has 6 heteroatoms. The molecule has 2 aromatic rings. The zero-order chi connectivity index (χ0) is 23.4. The number of rotatable bonds is 8. The topological polar surface area (TPSA) is 73.9 Å². The Hall–Kier alpha value is -3.28. The Morgan fingerprint density at radius 1 is 0.788 bits per heavy atom. The number of hydrogen-bond donors (Lipinski definition) is 1. The Kier molecular flexibility index (Phi) is 7.02. The highest BCUT2D eigenvalue weighted by molar-refractivity contribution is 6.02. The molecule has 1 aliphatic carbocycles. The summed E-state index contributed by atoms with van der Waals surface area (Å²) in [6.07, 6.45) is 1.30. The molecule has 1 N–H and O–H groups in total. The van der Waals surface area contributed by atoms with Crippen LogP contribution in [0.4, 0.5) is 0 Å². The maximum absolute atomic E-state index is 13.4. The Labute approximate surface area is 194 Å². The van der Waals surface area contributed by atoms with Gasteiger partial charge in [0, 0.05) is 30.0 Å². The van der Waals surface area contributed by atoms with Gasteiger partial charge in [-0.15, -0.1) is 0 Å². The Balaban J connectivity index is 1.64. The number of hydrogen-bond acceptors (Lipinski definition) is 5. The van der Waals surface area contributed by atoms with Crippen LogP contribution in [0.25, 0.3) is 0 Å². The first-order chi connectivity index (χ1) is 16.0. The van der Waals surface area contributed by atoms with E-state index < -0.39 is 0 Å². The maximum Gasteiger partial charge on any atom is 0.225 e. The molecule has 1 aliphatic heterocycles. The van der Waals surface area contributed by atoms with Crippen LogP contribution < -0.4 is 19.5 Å². The quantitative estimate of drug-likeness (QED) is 0.621. The summed E-state index contributed by atoms with van der Waals surface area (Å²) in [6, 6.07) is 13.6. The van der Waals surface area contributed by atoms with Crippen molar-refractivity contribution in [3.05, 3.63) is 64.9 Å². The molecule has 0 spiro atoms. The van der Waals surface area contributed by atoms with Crippen LogP contribution >= 0.6 is 0 Å². The number of carbonyl (C=O) groups excluding carboxylic acids is 2. The third-order valence-electron chi connectivity index (χ3n) is 6.17. The molecule has 0 fully saturated rings. The van der Waals surface area contributed by atoms with Gasteiger partial charge in [0.05, 0.1) is 19.8 Å². The molecule has 4 rings (SSSR count). The smallest absolute Gasteiger partial charge is 0.225 e. The van der Waals surface area contributed by atoms with Crippen molar-refractivity contribution < 1.29 is 23.8 Å². The Morgan fingerprint density at radius 2 is 1.45 bits per heavy atom. The summed E-state index contributed by atoms with van der Waals surface area (Å²) in [7, 11) is 0. The largest absolute Gasteiger partial charge is 0.494 e. The van der Waals surface area contributed by atoms with E-state index in [1.807, 2.05) is 63.2 Å². The predicted octanol–water partition coefficient (Wildman–Crippen LogP) is 4.89. The molecule has 0 saturated carbocycles. The van der Waals surface area contributed by atoms with Gasteiger partial charge in [-0.2, -0.15) is 0 Å². The first-order valence-electron chi connectivity index (χ1n) is 11.7. The van der Waals surface area contributed by atoms with Gasteiger partial charge in [-0.3, -0.25) is 9.59 Å². The highest BCUT2D eigenvalue weighted by Gasteiger charge is 2.38.